The van der Waals surface area contributed by atoms with E-state index >= 15 is 0 Å². The van der Waals surface area contributed by atoms with Gasteiger partial charge in [0.2, 0.25) is 0 Å². The molecule has 2 saturated heterocycles. The second kappa shape index (κ2) is 2.44. The van der Waals surface area contributed by atoms with Crippen molar-refractivity contribution >= 4 is 0 Å². The van der Waals surface area contributed by atoms with Crippen molar-refractivity contribution < 1.29 is 14.6 Å². The molecule has 0 radical (unpaired) electrons. The van der Waals surface area contributed by atoms with E-state index in [4.69, 9.17) is 9.47 Å². The molecular formula is C9H16O3. The van der Waals surface area contributed by atoms with Crippen LogP contribution >= 0.6 is 0 Å². The quantitative estimate of drug-likeness (QED) is 0.593. The molecule has 0 aromatic rings. The molecule has 0 aliphatic carbocycles. The number of aliphatic hydroxyl groups is 1. The van der Waals surface area contributed by atoms with E-state index in [1.807, 2.05) is 13.8 Å². The average molecular weight is 172 g/mol. The van der Waals surface area contributed by atoms with Gasteiger partial charge in [-0.15, -0.1) is 0 Å². The Kier molecular flexibility index (Phi) is 1.72. The topological polar surface area (TPSA) is 38.7 Å². The summed E-state index contributed by atoms with van der Waals surface area (Å²) in [7, 11) is 0. The van der Waals surface area contributed by atoms with Gasteiger partial charge in [0.15, 0.2) is 5.79 Å². The molecule has 0 aromatic carbocycles. The molecule has 2 aliphatic heterocycles. The first-order valence-corrected chi connectivity index (χ1v) is 4.56. The van der Waals surface area contributed by atoms with E-state index in [1.54, 1.807) is 0 Å². The lowest BCUT2D eigenvalue weighted by molar-refractivity contribution is -0.252. The van der Waals surface area contributed by atoms with Gasteiger partial charge in [-0.25, -0.2) is 0 Å². The van der Waals surface area contributed by atoms with Crippen molar-refractivity contribution in [2.45, 2.75) is 50.6 Å². The first kappa shape index (κ1) is 8.48. The molecule has 70 valence electrons. The molecule has 3 heteroatoms. The zero-order valence-corrected chi connectivity index (χ0v) is 7.67. The van der Waals surface area contributed by atoms with Gasteiger partial charge in [0.05, 0.1) is 12.2 Å². The van der Waals surface area contributed by atoms with E-state index in [-0.39, 0.29) is 5.60 Å². The van der Waals surface area contributed by atoms with Crippen LogP contribution in [0.4, 0.5) is 0 Å². The van der Waals surface area contributed by atoms with Crippen LogP contribution in [-0.4, -0.2) is 29.2 Å². The summed E-state index contributed by atoms with van der Waals surface area (Å²) in [5.74, 6) is -0.663. The lowest BCUT2D eigenvalue weighted by atomic mass is 10.0. The Labute approximate surface area is 72.7 Å². The molecule has 1 spiro atoms. The number of aliphatic hydroxyl groups excluding tert-OH is 1. The normalized spacial score (nSPS) is 45.8. The van der Waals surface area contributed by atoms with Crippen LogP contribution in [0.1, 0.15) is 33.1 Å². The Morgan fingerprint density at radius 3 is 2.50 bits per heavy atom. The molecule has 3 nitrogen and oxygen atoms in total. The highest BCUT2D eigenvalue weighted by Gasteiger charge is 2.52. The summed E-state index contributed by atoms with van der Waals surface area (Å²) >= 11 is 0. The van der Waals surface area contributed by atoms with Gasteiger partial charge in [0.25, 0.3) is 0 Å². The largest absolute Gasteiger partial charge is 0.387 e. The van der Waals surface area contributed by atoms with Crippen molar-refractivity contribution in [2.24, 2.45) is 0 Å². The van der Waals surface area contributed by atoms with Crippen LogP contribution in [0.25, 0.3) is 0 Å². The van der Waals surface area contributed by atoms with Crippen LogP contribution in [-0.2, 0) is 9.47 Å². The summed E-state index contributed by atoms with van der Waals surface area (Å²) in [6.07, 6.45) is 2.06. The van der Waals surface area contributed by atoms with Crippen molar-refractivity contribution in [1.29, 1.82) is 0 Å². The number of hydrogen-bond donors (Lipinski definition) is 1. The number of hydrogen-bond acceptors (Lipinski definition) is 3. The molecule has 0 aromatic heterocycles. The van der Waals surface area contributed by atoms with Gasteiger partial charge in [-0.2, -0.15) is 0 Å². The average Bonchev–Trinajstić information content (AvgIpc) is 2.43. The summed E-state index contributed by atoms with van der Waals surface area (Å²) in [5.41, 5.74) is -0.134. The molecule has 2 aliphatic rings. The van der Waals surface area contributed by atoms with Crippen molar-refractivity contribution in [1.82, 2.24) is 0 Å². The molecule has 0 bridgehead atoms. The maximum absolute atomic E-state index is 9.66. The molecule has 2 heterocycles. The maximum Gasteiger partial charge on any atom is 0.195 e. The zero-order valence-electron chi connectivity index (χ0n) is 7.67. The van der Waals surface area contributed by atoms with Gasteiger partial charge in [-0.3, -0.25) is 0 Å². The molecule has 2 fully saturated rings. The fourth-order valence-corrected chi connectivity index (χ4v) is 2.04. The predicted molar refractivity (Wildman–Crippen MR) is 43.7 cm³/mol. The SMILES string of the molecule is CC1(C)CC[C@]2(OCCC2O)O1. The smallest absolute Gasteiger partial charge is 0.195 e. The lowest BCUT2D eigenvalue weighted by Gasteiger charge is -2.29. The third kappa shape index (κ3) is 1.16. The van der Waals surface area contributed by atoms with Gasteiger partial charge >= 0.3 is 0 Å². The highest BCUT2D eigenvalue weighted by molar-refractivity contribution is 4.94. The molecule has 0 amide bonds. The Balaban J connectivity index is 2.14. The molecule has 0 saturated carbocycles. The summed E-state index contributed by atoms with van der Waals surface area (Å²) in [6, 6.07) is 0. The molecular weight excluding hydrogens is 156 g/mol. The standard InChI is InChI=1S/C9H16O3/c1-8(2)4-5-9(12-8)7(10)3-6-11-9/h7,10H,3-6H2,1-2H3/t7?,9-/m0/s1. The first-order chi connectivity index (χ1) is 5.54. The summed E-state index contributed by atoms with van der Waals surface area (Å²) in [5, 5.41) is 9.66. The van der Waals surface area contributed by atoms with E-state index in [9.17, 15) is 5.11 Å². The number of ether oxygens (including phenoxy) is 2. The zero-order chi connectivity index (χ0) is 8.82. The second-order valence-corrected chi connectivity index (χ2v) is 4.33. The van der Waals surface area contributed by atoms with Crippen LogP contribution in [0.3, 0.4) is 0 Å². The monoisotopic (exact) mass is 172 g/mol. The van der Waals surface area contributed by atoms with E-state index in [0.717, 1.165) is 12.8 Å². The summed E-state index contributed by atoms with van der Waals surface area (Å²) in [6.45, 7) is 4.70. The third-order valence-electron chi connectivity index (χ3n) is 2.77. The van der Waals surface area contributed by atoms with Crippen LogP contribution < -0.4 is 0 Å². The second-order valence-electron chi connectivity index (χ2n) is 4.33. The Morgan fingerprint density at radius 1 is 1.33 bits per heavy atom. The van der Waals surface area contributed by atoms with Gasteiger partial charge < -0.3 is 14.6 Å². The fraction of sp³-hybridized carbons (Fsp3) is 1.00. The minimum absolute atomic E-state index is 0.134. The maximum atomic E-state index is 9.66. The van der Waals surface area contributed by atoms with Gasteiger partial charge in [0, 0.05) is 12.8 Å². The van der Waals surface area contributed by atoms with Gasteiger partial charge in [-0.1, -0.05) is 0 Å². The number of rotatable bonds is 0. The predicted octanol–water partition coefficient (Wildman–Crippen LogP) is 1.05. The molecule has 2 rings (SSSR count). The Bertz CT molecular complexity index is 190. The highest BCUT2D eigenvalue weighted by Crippen LogP contribution is 2.43. The molecule has 2 atom stereocenters. The van der Waals surface area contributed by atoms with Gasteiger partial charge in [-0.05, 0) is 20.3 Å². The van der Waals surface area contributed by atoms with E-state index in [1.165, 1.54) is 0 Å². The summed E-state index contributed by atoms with van der Waals surface area (Å²) in [4.78, 5) is 0. The third-order valence-corrected chi connectivity index (χ3v) is 2.77. The minimum atomic E-state index is -0.663. The van der Waals surface area contributed by atoms with Crippen LogP contribution in [0.15, 0.2) is 0 Å². The van der Waals surface area contributed by atoms with Crippen molar-refractivity contribution in [3.05, 3.63) is 0 Å². The van der Waals surface area contributed by atoms with E-state index in [0.29, 0.717) is 13.0 Å². The fourth-order valence-electron chi connectivity index (χ4n) is 2.04. The van der Waals surface area contributed by atoms with Gasteiger partial charge in [0.1, 0.15) is 6.10 Å². The van der Waals surface area contributed by atoms with Crippen LogP contribution in [0, 0.1) is 0 Å². The van der Waals surface area contributed by atoms with E-state index < -0.39 is 11.9 Å². The highest BCUT2D eigenvalue weighted by atomic mass is 16.7. The van der Waals surface area contributed by atoms with Crippen LogP contribution in [0.2, 0.25) is 0 Å². The lowest BCUT2D eigenvalue weighted by Crippen LogP contribution is -2.40. The van der Waals surface area contributed by atoms with E-state index in [2.05, 4.69) is 0 Å². The van der Waals surface area contributed by atoms with Crippen molar-refractivity contribution in [2.75, 3.05) is 6.61 Å². The Morgan fingerprint density at radius 2 is 2.08 bits per heavy atom. The van der Waals surface area contributed by atoms with Crippen molar-refractivity contribution in [3.63, 3.8) is 0 Å². The van der Waals surface area contributed by atoms with Crippen LogP contribution in [0.5, 0.6) is 0 Å². The minimum Gasteiger partial charge on any atom is -0.387 e. The Hall–Kier alpha value is -0.120. The molecule has 12 heavy (non-hydrogen) atoms. The first-order valence-electron chi connectivity index (χ1n) is 4.56. The molecule has 1 unspecified atom stereocenters. The van der Waals surface area contributed by atoms with Crippen molar-refractivity contribution in [3.8, 4) is 0 Å². The summed E-state index contributed by atoms with van der Waals surface area (Å²) < 4.78 is 11.2. The molecule has 1 N–H and O–H groups in total.